The Morgan fingerprint density at radius 3 is 2.84 bits per heavy atom. The number of para-hydroxylation sites is 2. The SMILES string of the molecule is C[C@H](Sc1n[nH]c(=O)n1C1CC1)C(=O)Nc1ccccc1OC(F)F. The van der Waals surface area contributed by atoms with Crippen molar-refractivity contribution >= 4 is 23.4 Å². The number of H-pyrrole nitrogens is 1. The lowest BCUT2D eigenvalue weighted by Gasteiger charge is -2.14. The average molecular weight is 370 g/mol. The van der Waals surface area contributed by atoms with E-state index in [4.69, 9.17) is 0 Å². The summed E-state index contributed by atoms with van der Waals surface area (Å²) >= 11 is 1.13. The highest BCUT2D eigenvalue weighted by Crippen LogP contribution is 2.37. The number of nitrogens with one attached hydrogen (secondary N) is 2. The molecule has 0 radical (unpaired) electrons. The van der Waals surface area contributed by atoms with Crippen LogP contribution in [0.4, 0.5) is 14.5 Å². The quantitative estimate of drug-likeness (QED) is 0.732. The maximum atomic E-state index is 12.4. The molecule has 0 spiro atoms. The van der Waals surface area contributed by atoms with Gasteiger partial charge in [-0.2, -0.15) is 8.78 Å². The summed E-state index contributed by atoms with van der Waals surface area (Å²) in [5.41, 5.74) is -0.143. The number of ether oxygens (including phenoxy) is 1. The minimum absolute atomic E-state index is 0.113. The molecule has 1 aromatic carbocycles. The largest absolute Gasteiger partial charge is 0.433 e. The van der Waals surface area contributed by atoms with E-state index in [2.05, 4.69) is 20.3 Å². The van der Waals surface area contributed by atoms with E-state index in [9.17, 15) is 18.4 Å². The summed E-state index contributed by atoms with van der Waals surface area (Å²) in [5.74, 6) is -0.522. The second-order valence-electron chi connectivity index (χ2n) is 5.54. The van der Waals surface area contributed by atoms with Crippen molar-refractivity contribution in [1.29, 1.82) is 0 Å². The van der Waals surface area contributed by atoms with Crippen LogP contribution in [0.15, 0.2) is 34.2 Å². The maximum absolute atomic E-state index is 12.4. The molecule has 0 bridgehead atoms. The first-order valence-electron chi connectivity index (χ1n) is 7.64. The molecule has 1 amide bonds. The van der Waals surface area contributed by atoms with Crippen LogP contribution >= 0.6 is 11.8 Å². The molecule has 1 aliphatic rings. The number of thioether (sulfide) groups is 1. The predicted octanol–water partition coefficient (Wildman–Crippen LogP) is 2.63. The molecule has 0 aliphatic heterocycles. The number of halogens is 2. The third kappa shape index (κ3) is 4.19. The summed E-state index contributed by atoms with van der Waals surface area (Å²) < 4.78 is 30.8. The minimum atomic E-state index is -2.98. The Kier molecular flexibility index (Phi) is 5.07. The zero-order chi connectivity index (χ0) is 18.0. The minimum Gasteiger partial charge on any atom is -0.433 e. The number of rotatable bonds is 7. The van der Waals surface area contributed by atoms with E-state index in [1.54, 1.807) is 17.6 Å². The van der Waals surface area contributed by atoms with Crippen molar-refractivity contribution in [2.45, 2.75) is 42.8 Å². The summed E-state index contributed by atoms with van der Waals surface area (Å²) in [7, 11) is 0. The zero-order valence-corrected chi connectivity index (χ0v) is 14.1. The van der Waals surface area contributed by atoms with Crippen molar-refractivity contribution in [3.05, 3.63) is 34.7 Å². The number of aromatic nitrogens is 3. The van der Waals surface area contributed by atoms with E-state index in [0.29, 0.717) is 5.16 Å². The van der Waals surface area contributed by atoms with Crippen LogP contribution in [0.3, 0.4) is 0 Å². The third-order valence-corrected chi connectivity index (χ3v) is 4.66. The normalized spacial score (nSPS) is 15.2. The van der Waals surface area contributed by atoms with E-state index in [-0.39, 0.29) is 23.2 Å². The standard InChI is InChI=1S/C15H16F2N4O3S/c1-8(25-15-20-19-14(23)21(15)9-6-7-9)12(22)18-10-4-2-3-5-11(10)24-13(16)17/h2-5,8-9,13H,6-7H2,1H3,(H,18,22)(H,19,23)/t8-/m0/s1. The van der Waals surface area contributed by atoms with Gasteiger partial charge >= 0.3 is 12.3 Å². The second-order valence-corrected chi connectivity index (χ2v) is 6.84. The van der Waals surface area contributed by atoms with Gasteiger partial charge in [0, 0.05) is 6.04 Å². The van der Waals surface area contributed by atoms with E-state index >= 15 is 0 Å². The van der Waals surface area contributed by atoms with Gasteiger partial charge in [-0.15, -0.1) is 5.10 Å². The Balaban J connectivity index is 1.69. The number of carbonyl (C=O) groups excluding carboxylic acids is 1. The van der Waals surface area contributed by atoms with Gasteiger partial charge in [-0.3, -0.25) is 9.36 Å². The van der Waals surface area contributed by atoms with Gasteiger partial charge in [-0.25, -0.2) is 9.89 Å². The summed E-state index contributed by atoms with van der Waals surface area (Å²) in [6.45, 7) is -1.34. The van der Waals surface area contributed by atoms with Gasteiger partial charge in [-0.05, 0) is 31.9 Å². The zero-order valence-electron chi connectivity index (χ0n) is 13.2. The molecule has 2 N–H and O–H groups in total. The molecule has 1 aliphatic carbocycles. The van der Waals surface area contributed by atoms with Gasteiger partial charge in [0.25, 0.3) is 0 Å². The number of nitrogens with zero attached hydrogens (tertiary/aromatic N) is 2. The van der Waals surface area contributed by atoms with Gasteiger partial charge in [0.15, 0.2) is 5.16 Å². The number of benzene rings is 1. The highest BCUT2D eigenvalue weighted by molar-refractivity contribution is 8.00. The molecule has 1 atom stereocenters. The first kappa shape index (κ1) is 17.5. The molecular weight excluding hydrogens is 354 g/mol. The van der Waals surface area contributed by atoms with Crippen LogP contribution < -0.4 is 15.7 Å². The molecule has 7 nitrogen and oxygen atoms in total. The lowest BCUT2D eigenvalue weighted by atomic mass is 10.3. The Hall–Kier alpha value is -2.36. The van der Waals surface area contributed by atoms with Gasteiger partial charge in [0.05, 0.1) is 10.9 Å². The Labute approximate surface area is 145 Å². The third-order valence-electron chi connectivity index (χ3n) is 3.60. The molecule has 1 aromatic heterocycles. The van der Waals surface area contributed by atoms with Crippen molar-refractivity contribution in [3.8, 4) is 5.75 Å². The lowest BCUT2D eigenvalue weighted by molar-refractivity contribution is -0.115. The van der Waals surface area contributed by atoms with Gasteiger partial charge in [-0.1, -0.05) is 23.9 Å². The van der Waals surface area contributed by atoms with Crippen LogP contribution in [-0.4, -0.2) is 32.5 Å². The Morgan fingerprint density at radius 2 is 2.16 bits per heavy atom. The molecule has 1 saturated carbocycles. The summed E-state index contributed by atoms with van der Waals surface area (Å²) in [6, 6.07) is 6.08. The highest BCUT2D eigenvalue weighted by atomic mass is 32.2. The number of hydrogen-bond donors (Lipinski definition) is 2. The Bertz CT molecular complexity index is 819. The van der Waals surface area contributed by atoms with Crippen LogP contribution in [0.1, 0.15) is 25.8 Å². The number of hydrogen-bond acceptors (Lipinski definition) is 5. The van der Waals surface area contributed by atoms with E-state index in [1.165, 1.54) is 18.2 Å². The van der Waals surface area contributed by atoms with Gasteiger partial charge in [0.1, 0.15) is 5.75 Å². The van der Waals surface area contributed by atoms with Crippen LogP contribution in [-0.2, 0) is 4.79 Å². The molecule has 0 saturated heterocycles. The number of aromatic amines is 1. The molecule has 1 fully saturated rings. The van der Waals surface area contributed by atoms with Crippen LogP contribution in [0.25, 0.3) is 0 Å². The summed E-state index contributed by atoms with van der Waals surface area (Å²) in [6.07, 6.45) is 1.82. The molecule has 1 heterocycles. The maximum Gasteiger partial charge on any atom is 0.387 e. The van der Waals surface area contributed by atoms with Crippen molar-refractivity contribution in [1.82, 2.24) is 14.8 Å². The smallest absolute Gasteiger partial charge is 0.387 e. The van der Waals surface area contributed by atoms with E-state index in [0.717, 1.165) is 24.6 Å². The van der Waals surface area contributed by atoms with Crippen LogP contribution in [0.5, 0.6) is 5.75 Å². The number of carbonyl (C=O) groups is 1. The molecule has 134 valence electrons. The fourth-order valence-electron chi connectivity index (χ4n) is 2.24. The highest BCUT2D eigenvalue weighted by Gasteiger charge is 2.30. The molecule has 25 heavy (non-hydrogen) atoms. The van der Waals surface area contributed by atoms with E-state index in [1.807, 2.05) is 0 Å². The van der Waals surface area contributed by atoms with Crippen molar-refractivity contribution in [2.24, 2.45) is 0 Å². The van der Waals surface area contributed by atoms with Crippen LogP contribution in [0.2, 0.25) is 0 Å². The van der Waals surface area contributed by atoms with Gasteiger partial charge < -0.3 is 10.1 Å². The van der Waals surface area contributed by atoms with Crippen molar-refractivity contribution in [2.75, 3.05) is 5.32 Å². The second kappa shape index (κ2) is 7.26. The van der Waals surface area contributed by atoms with E-state index < -0.39 is 17.8 Å². The first-order chi connectivity index (χ1) is 12.0. The topological polar surface area (TPSA) is 89.0 Å². The number of anilines is 1. The fraction of sp³-hybridized carbons (Fsp3) is 0.400. The monoisotopic (exact) mass is 370 g/mol. The predicted molar refractivity (Wildman–Crippen MR) is 88.1 cm³/mol. The summed E-state index contributed by atoms with van der Waals surface area (Å²) in [5, 5.41) is 8.74. The Morgan fingerprint density at radius 1 is 1.44 bits per heavy atom. The molecular formula is C15H16F2N4O3S. The lowest BCUT2D eigenvalue weighted by Crippen LogP contribution is -2.24. The first-order valence-corrected chi connectivity index (χ1v) is 8.52. The van der Waals surface area contributed by atoms with Crippen molar-refractivity contribution in [3.63, 3.8) is 0 Å². The summed E-state index contributed by atoms with van der Waals surface area (Å²) in [4.78, 5) is 24.1. The average Bonchev–Trinajstić information content (AvgIpc) is 3.33. The molecule has 10 heteroatoms. The molecule has 3 rings (SSSR count). The number of alkyl halides is 2. The van der Waals surface area contributed by atoms with Crippen molar-refractivity contribution < 1.29 is 18.3 Å². The number of amides is 1. The fourth-order valence-corrected chi connectivity index (χ4v) is 3.17. The molecule has 2 aromatic rings. The molecule has 0 unspecified atom stereocenters. The van der Waals surface area contributed by atoms with Crippen LogP contribution in [0, 0.1) is 0 Å². The van der Waals surface area contributed by atoms with Gasteiger partial charge in [0.2, 0.25) is 5.91 Å².